The highest BCUT2D eigenvalue weighted by Gasteiger charge is 2.49. The maximum absolute atomic E-state index is 11.6. The molecule has 1 aliphatic heterocycles. The summed E-state index contributed by atoms with van der Waals surface area (Å²) in [5.74, 6) is 0.729. The molecule has 1 saturated heterocycles. The minimum Gasteiger partial charge on any atom is -0.408 e. The van der Waals surface area contributed by atoms with Crippen LogP contribution >= 0.6 is 0 Å². The molecule has 2 bridgehead atoms. The zero-order valence-electron chi connectivity index (χ0n) is 21.6. The predicted molar refractivity (Wildman–Crippen MR) is 143 cm³/mol. The minimum atomic E-state index is -0.460. The average Bonchev–Trinajstić information content (AvgIpc) is 3.11. The number of benzene rings is 1. The Morgan fingerprint density at radius 3 is 2.74 bits per heavy atom. The number of allylic oxidation sites excluding steroid dienone is 2. The molecular weight excluding hydrogens is 437 g/mol. The molecule has 35 heavy (non-hydrogen) atoms. The van der Waals surface area contributed by atoms with E-state index in [-0.39, 0.29) is 31.2 Å². The van der Waals surface area contributed by atoms with E-state index in [1.807, 2.05) is 31.2 Å². The number of nitrogens with one attached hydrogen (secondary N) is 1. The number of hydrogen-bond donors (Lipinski definition) is 2. The fourth-order valence-corrected chi connectivity index (χ4v) is 5.24. The van der Waals surface area contributed by atoms with Gasteiger partial charge in [-0.25, -0.2) is 0 Å². The molecule has 5 nitrogen and oxygen atoms in total. The fraction of sp³-hybridized carbons (Fsp3) is 0.621. The number of aryl methyl sites for hydroxylation is 1. The molecule has 1 aromatic carbocycles. The largest absolute Gasteiger partial charge is 0.457 e. The molecule has 2 N–H and O–H groups in total. The summed E-state index contributed by atoms with van der Waals surface area (Å²) in [5.41, 5.74) is 1.25. The smallest absolute Gasteiger partial charge is 0.408 e. The number of amides is 1. The van der Waals surface area contributed by atoms with Crippen LogP contribution in [0.4, 0.5) is 0 Å². The quantitative estimate of drug-likeness (QED) is 0.197. The molecule has 0 aromatic heterocycles. The normalized spacial score (nSPS) is 24.9. The number of carbonyl (C=O) groups is 1. The molecular formula is C29H44BNO4. The lowest BCUT2D eigenvalue weighted by atomic mass is 9.80. The number of hydrogen-bond acceptors (Lipinski definition) is 4. The third-order valence-electron chi connectivity index (χ3n) is 7.16. The van der Waals surface area contributed by atoms with Gasteiger partial charge in [-0.2, -0.15) is 0 Å². The molecule has 5 atom stereocenters. The molecule has 1 heterocycles. The fourth-order valence-electron chi connectivity index (χ4n) is 5.24. The van der Waals surface area contributed by atoms with Crippen molar-refractivity contribution in [1.82, 2.24) is 5.32 Å². The number of unbranched alkanes of at least 4 members (excludes halogenated alkanes) is 2. The van der Waals surface area contributed by atoms with Gasteiger partial charge in [0.1, 0.15) is 0 Å². The van der Waals surface area contributed by atoms with Crippen molar-refractivity contribution in [1.29, 1.82) is 0 Å². The van der Waals surface area contributed by atoms with Crippen molar-refractivity contribution in [2.75, 3.05) is 6.54 Å². The van der Waals surface area contributed by atoms with Gasteiger partial charge in [-0.15, -0.1) is 0 Å². The molecule has 3 rings (SSSR count). The monoisotopic (exact) mass is 481 g/mol. The van der Waals surface area contributed by atoms with Crippen molar-refractivity contribution < 1.29 is 19.2 Å². The van der Waals surface area contributed by atoms with Gasteiger partial charge in [0, 0.05) is 25.0 Å². The van der Waals surface area contributed by atoms with Crippen molar-refractivity contribution in [3.63, 3.8) is 0 Å². The summed E-state index contributed by atoms with van der Waals surface area (Å²) >= 11 is 0. The second kappa shape index (κ2) is 15.3. The van der Waals surface area contributed by atoms with E-state index in [1.165, 1.54) is 5.56 Å². The third-order valence-corrected chi connectivity index (χ3v) is 7.16. The van der Waals surface area contributed by atoms with E-state index in [9.17, 15) is 9.90 Å². The summed E-state index contributed by atoms with van der Waals surface area (Å²) in [7, 11) is -0.108. The zero-order valence-corrected chi connectivity index (χ0v) is 21.6. The van der Waals surface area contributed by atoms with Crippen LogP contribution in [-0.2, 0) is 20.5 Å². The Morgan fingerprint density at radius 2 is 1.97 bits per heavy atom. The summed E-state index contributed by atoms with van der Waals surface area (Å²) in [5, 5.41) is 13.5. The summed E-state index contributed by atoms with van der Waals surface area (Å²) < 4.78 is 12.7. The first kappa shape index (κ1) is 27.7. The van der Waals surface area contributed by atoms with Crippen LogP contribution in [0.25, 0.3) is 0 Å². The molecule has 1 saturated carbocycles. The highest BCUT2D eigenvalue weighted by molar-refractivity contribution is 6.44. The predicted octanol–water partition coefficient (Wildman–Crippen LogP) is 5.50. The standard InChI is InChI=1S/C29H44BNO4/c1-3-5-21-30-34-27-22-28(35-30)26(20-19-24(32)18-17-23-13-9-8-10-14-23)25(27)15-11-6-7-12-16-29(33)31-4-2/h6,8-11,13-14,19-20,24-28,32H,3-5,7,12,15-18,21-22H2,1-2H3,(H,31,33)/b11-6-,20-19+/t24-,25+,26-,27?,28?/m0/s1. The van der Waals surface area contributed by atoms with Crippen LogP contribution in [0.3, 0.4) is 0 Å². The average molecular weight is 481 g/mol. The van der Waals surface area contributed by atoms with E-state index >= 15 is 0 Å². The van der Waals surface area contributed by atoms with Gasteiger partial charge < -0.3 is 19.7 Å². The molecule has 2 aliphatic rings. The number of fused-ring (bicyclic) bond motifs is 2. The Kier molecular flexibility index (Phi) is 12.1. The second-order valence-corrected chi connectivity index (χ2v) is 9.93. The lowest BCUT2D eigenvalue weighted by Gasteiger charge is -2.27. The van der Waals surface area contributed by atoms with Crippen LogP contribution in [0.5, 0.6) is 0 Å². The van der Waals surface area contributed by atoms with Crippen LogP contribution in [0.2, 0.25) is 6.32 Å². The Labute approximate surface area is 212 Å². The summed E-state index contributed by atoms with van der Waals surface area (Å²) in [6.07, 6.45) is 17.5. The Morgan fingerprint density at radius 1 is 1.17 bits per heavy atom. The highest BCUT2D eigenvalue weighted by Crippen LogP contribution is 2.44. The van der Waals surface area contributed by atoms with Gasteiger partial charge in [-0.1, -0.05) is 74.4 Å². The zero-order chi connectivity index (χ0) is 24.9. The molecule has 0 spiro atoms. The molecule has 2 fully saturated rings. The molecule has 2 unspecified atom stereocenters. The van der Waals surface area contributed by atoms with Crippen molar-refractivity contribution in [3.05, 3.63) is 60.2 Å². The Bertz CT molecular complexity index is 799. The summed E-state index contributed by atoms with van der Waals surface area (Å²) in [4.78, 5) is 11.6. The Hall–Kier alpha value is -1.89. The van der Waals surface area contributed by atoms with Gasteiger partial charge >= 0.3 is 7.12 Å². The number of carbonyl (C=O) groups excluding carboxylic acids is 1. The lowest BCUT2D eigenvalue weighted by molar-refractivity contribution is -0.121. The van der Waals surface area contributed by atoms with Gasteiger partial charge in [0.15, 0.2) is 0 Å². The first-order valence-corrected chi connectivity index (χ1v) is 13.7. The van der Waals surface area contributed by atoms with Gasteiger partial charge in [0.05, 0.1) is 12.2 Å². The number of aliphatic hydroxyl groups is 1. The van der Waals surface area contributed by atoms with Gasteiger partial charge in [-0.05, 0) is 63.3 Å². The molecule has 1 aliphatic carbocycles. The van der Waals surface area contributed by atoms with Gasteiger partial charge in [0.25, 0.3) is 0 Å². The van der Waals surface area contributed by atoms with E-state index in [0.29, 0.717) is 25.3 Å². The Balaban J connectivity index is 1.55. The third kappa shape index (κ3) is 9.25. The van der Waals surface area contributed by atoms with E-state index < -0.39 is 6.10 Å². The van der Waals surface area contributed by atoms with Crippen LogP contribution < -0.4 is 5.32 Å². The second-order valence-electron chi connectivity index (χ2n) is 9.93. The first-order valence-electron chi connectivity index (χ1n) is 13.7. The van der Waals surface area contributed by atoms with Crippen molar-refractivity contribution in [3.8, 4) is 0 Å². The van der Waals surface area contributed by atoms with Crippen LogP contribution in [0, 0.1) is 11.8 Å². The maximum atomic E-state index is 11.6. The van der Waals surface area contributed by atoms with Gasteiger partial charge in [-0.3, -0.25) is 4.79 Å². The number of aliphatic hydroxyl groups excluding tert-OH is 1. The topological polar surface area (TPSA) is 67.8 Å². The van der Waals surface area contributed by atoms with Crippen LogP contribution in [0.15, 0.2) is 54.6 Å². The lowest BCUT2D eigenvalue weighted by Crippen LogP contribution is -2.37. The van der Waals surface area contributed by atoms with Crippen LogP contribution in [-0.4, -0.2) is 43.0 Å². The molecule has 6 heteroatoms. The van der Waals surface area contributed by atoms with Crippen molar-refractivity contribution >= 4 is 13.0 Å². The van der Waals surface area contributed by atoms with Gasteiger partial charge in [0.2, 0.25) is 5.91 Å². The number of rotatable bonds is 15. The molecule has 1 aromatic rings. The molecule has 0 radical (unpaired) electrons. The highest BCUT2D eigenvalue weighted by atomic mass is 16.6. The van der Waals surface area contributed by atoms with E-state index in [2.05, 4.69) is 42.6 Å². The van der Waals surface area contributed by atoms with Crippen molar-refractivity contribution in [2.45, 2.75) is 96.3 Å². The first-order chi connectivity index (χ1) is 17.1. The summed E-state index contributed by atoms with van der Waals surface area (Å²) in [6.45, 7) is 4.83. The van der Waals surface area contributed by atoms with Crippen LogP contribution in [0.1, 0.15) is 70.8 Å². The minimum absolute atomic E-state index is 0.108. The van der Waals surface area contributed by atoms with Crippen molar-refractivity contribution in [2.24, 2.45) is 11.8 Å². The molecule has 1 amide bonds. The summed E-state index contributed by atoms with van der Waals surface area (Å²) in [6, 6.07) is 10.3. The SMILES string of the molecule is CCCCB1OC2CC(O1)[C@H](C/C=C\CCCC(=O)NCC)[C@@H]2/C=C/[C@@H](O)CCc1ccccc1. The maximum Gasteiger partial charge on any atom is 0.457 e. The molecule has 192 valence electrons. The van der Waals surface area contributed by atoms with E-state index in [1.54, 1.807) is 0 Å². The van der Waals surface area contributed by atoms with E-state index in [0.717, 1.165) is 51.3 Å². The van der Waals surface area contributed by atoms with E-state index in [4.69, 9.17) is 9.31 Å².